The predicted molar refractivity (Wildman–Crippen MR) is 95.1 cm³/mol. The number of hydrogen-bond donors (Lipinski definition) is 1. The summed E-state index contributed by atoms with van der Waals surface area (Å²) >= 11 is 3.68. The Kier molecular flexibility index (Phi) is 7.75. The summed E-state index contributed by atoms with van der Waals surface area (Å²) in [5.41, 5.74) is 1.61. The lowest BCUT2D eigenvalue weighted by molar-refractivity contribution is 0.270. The summed E-state index contributed by atoms with van der Waals surface area (Å²) in [7, 11) is 1.72. The molecule has 1 aromatic rings. The van der Waals surface area contributed by atoms with Gasteiger partial charge in [0.1, 0.15) is 5.75 Å². The highest BCUT2D eigenvalue weighted by atomic mass is 79.9. The Labute approximate surface area is 138 Å². The lowest BCUT2D eigenvalue weighted by atomic mass is 9.79. The molecule has 0 saturated carbocycles. The van der Waals surface area contributed by atoms with Crippen LogP contribution >= 0.6 is 15.9 Å². The molecule has 1 aromatic carbocycles. The van der Waals surface area contributed by atoms with Crippen LogP contribution in [-0.2, 0) is 6.42 Å². The van der Waals surface area contributed by atoms with Crippen LogP contribution in [0.25, 0.3) is 0 Å². The molecular weight excluding hydrogens is 326 g/mol. The molecule has 2 nitrogen and oxygen atoms in total. The highest BCUT2D eigenvalue weighted by Crippen LogP contribution is 2.32. The normalized spacial score (nSPS) is 14.2. The highest BCUT2D eigenvalue weighted by molar-refractivity contribution is 9.10. The van der Waals surface area contributed by atoms with Crippen molar-refractivity contribution in [2.75, 3.05) is 20.2 Å². The van der Waals surface area contributed by atoms with E-state index in [1.54, 1.807) is 7.11 Å². The Bertz CT molecular complexity index is 433. The van der Waals surface area contributed by atoms with Gasteiger partial charge in [0.2, 0.25) is 0 Å². The lowest BCUT2D eigenvalue weighted by Gasteiger charge is -2.31. The van der Waals surface area contributed by atoms with Crippen LogP contribution in [0.1, 0.15) is 46.1 Å². The van der Waals surface area contributed by atoms with E-state index in [0.717, 1.165) is 25.3 Å². The average Bonchev–Trinajstić information content (AvgIpc) is 2.41. The molecule has 0 aliphatic rings. The van der Waals surface area contributed by atoms with Crippen LogP contribution in [0.15, 0.2) is 22.7 Å². The van der Waals surface area contributed by atoms with Gasteiger partial charge in [-0.05, 0) is 54.5 Å². The quantitative estimate of drug-likeness (QED) is 0.668. The van der Waals surface area contributed by atoms with Gasteiger partial charge in [-0.2, -0.15) is 0 Å². The first-order valence-corrected chi connectivity index (χ1v) is 8.72. The van der Waals surface area contributed by atoms with Gasteiger partial charge < -0.3 is 10.1 Å². The summed E-state index contributed by atoms with van der Waals surface area (Å²) < 4.78 is 6.54. The molecule has 1 N–H and O–H groups in total. The molecule has 1 atom stereocenters. The third-order valence-corrected chi connectivity index (χ3v) is 4.60. The third-order valence-electron chi connectivity index (χ3n) is 3.83. The minimum absolute atomic E-state index is 0.276. The second-order valence-corrected chi connectivity index (χ2v) is 7.57. The Morgan fingerprint density at radius 1 is 1.33 bits per heavy atom. The minimum Gasteiger partial charge on any atom is -0.497 e. The summed E-state index contributed by atoms with van der Waals surface area (Å²) in [6.07, 6.45) is 3.49. The molecule has 0 amide bonds. The van der Waals surface area contributed by atoms with E-state index in [9.17, 15) is 0 Å². The summed E-state index contributed by atoms with van der Waals surface area (Å²) in [5.74, 6) is 1.63. The number of nitrogens with one attached hydrogen (secondary N) is 1. The SMILES string of the molecule is CCCC(C)(CNCC(C)C)Cc1cc(OC)ccc1Br. The molecule has 0 aromatic heterocycles. The van der Waals surface area contributed by atoms with E-state index >= 15 is 0 Å². The van der Waals surface area contributed by atoms with Crippen LogP contribution in [0.3, 0.4) is 0 Å². The molecule has 0 spiro atoms. The largest absolute Gasteiger partial charge is 0.497 e. The zero-order valence-electron chi connectivity index (χ0n) is 14.1. The molecule has 0 fully saturated rings. The van der Waals surface area contributed by atoms with Gasteiger partial charge in [-0.1, -0.05) is 50.0 Å². The van der Waals surface area contributed by atoms with Gasteiger partial charge in [0.15, 0.2) is 0 Å². The van der Waals surface area contributed by atoms with Crippen LogP contribution in [-0.4, -0.2) is 20.2 Å². The zero-order valence-corrected chi connectivity index (χ0v) is 15.7. The maximum atomic E-state index is 5.36. The molecule has 3 heteroatoms. The Balaban J connectivity index is 2.81. The minimum atomic E-state index is 0.276. The molecule has 0 aliphatic heterocycles. The Morgan fingerprint density at radius 2 is 2.05 bits per heavy atom. The number of halogens is 1. The van der Waals surface area contributed by atoms with Crippen LogP contribution in [0, 0.1) is 11.3 Å². The predicted octanol–water partition coefficient (Wildman–Crippen LogP) is 5.05. The van der Waals surface area contributed by atoms with Crippen molar-refractivity contribution in [1.29, 1.82) is 0 Å². The van der Waals surface area contributed by atoms with E-state index in [1.807, 2.05) is 6.07 Å². The molecule has 0 saturated heterocycles. The van der Waals surface area contributed by atoms with Gasteiger partial charge in [-0.3, -0.25) is 0 Å². The molecule has 1 rings (SSSR count). The molecular formula is C18H30BrNO. The zero-order chi connectivity index (χ0) is 15.9. The van der Waals surface area contributed by atoms with Crippen molar-refractivity contribution >= 4 is 15.9 Å². The molecule has 0 radical (unpaired) electrons. The van der Waals surface area contributed by atoms with Gasteiger partial charge >= 0.3 is 0 Å². The van der Waals surface area contributed by atoms with Crippen molar-refractivity contribution in [2.24, 2.45) is 11.3 Å². The van der Waals surface area contributed by atoms with Crippen LogP contribution in [0.4, 0.5) is 0 Å². The molecule has 0 bridgehead atoms. The molecule has 0 aliphatic carbocycles. The molecule has 120 valence electrons. The van der Waals surface area contributed by atoms with E-state index in [0.29, 0.717) is 5.92 Å². The maximum absolute atomic E-state index is 5.36. The number of ether oxygens (including phenoxy) is 1. The standard InChI is InChI=1S/C18H30BrNO/c1-6-9-18(4,13-20-12-14(2)3)11-15-10-16(21-5)7-8-17(15)19/h7-8,10,14,20H,6,9,11-13H2,1-5H3. The van der Waals surface area contributed by atoms with Crippen molar-refractivity contribution in [3.63, 3.8) is 0 Å². The lowest BCUT2D eigenvalue weighted by Crippen LogP contribution is -2.35. The third kappa shape index (κ3) is 6.39. The Hall–Kier alpha value is -0.540. The fourth-order valence-corrected chi connectivity index (χ4v) is 3.17. The fourth-order valence-electron chi connectivity index (χ4n) is 2.78. The fraction of sp³-hybridized carbons (Fsp3) is 0.667. The van der Waals surface area contributed by atoms with Crippen LogP contribution in [0.5, 0.6) is 5.75 Å². The first-order valence-electron chi connectivity index (χ1n) is 7.93. The van der Waals surface area contributed by atoms with Gasteiger partial charge in [0.05, 0.1) is 7.11 Å². The highest BCUT2D eigenvalue weighted by Gasteiger charge is 2.24. The smallest absolute Gasteiger partial charge is 0.119 e. The topological polar surface area (TPSA) is 21.3 Å². The van der Waals surface area contributed by atoms with Crippen molar-refractivity contribution in [1.82, 2.24) is 5.32 Å². The second-order valence-electron chi connectivity index (χ2n) is 6.72. The average molecular weight is 356 g/mol. The van der Waals surface area contributed by atoms with Crippen molar-refractivity contribution < 1.29 is 4.74 Å². The van der Waals surface area contributed by atoms with E-state index < -0.39 is 0 Å². The number of rotatable bonds is 9. The van der Waals surface area contributed by atoms with E-state index in [-0.39, 0.29) is 5.41 Å². The van der Waals surface area contributed by atoms with Crippen LogP contribution in [0.2, 0.25) is 0 Å². The second kappa shape index (κ2) is 8.79. The van der Waals surface area contributed by atoms with E-state index in [1.165, 1.54) is 22.9 Å². The molecule has 0 heterocycles. The first kappa shape index (κ1) is 18.5. The van der Waals surface area contributed by atoms with Crippen LogP contribution < -0.4 is 10.1 Å². The number of benzene rings is 1. The van der Waals surface area contributed by atoms with Crippen molar-refractivity contribution in [3.8, 4) is 5.75 Å². The summed E-state index contributed by atoms with van der Waals surface area (Å²) in [6.45, 7) is 11.3. The number of hydrogen-bond acceptors (Lipinski definition) is 2. The Morgan fingerprint density at radius 3 is 2.62 bits per heavy atom. The van der Waals surface area contributed by atoms with Crippen molar-refractivity contribution in [3.05, 3.63) is 28.2 Å². The maximum Gasteiger partial charge on any atom is 0.119 e. The molecule has 21 heavy (non-hydrogen) atoms. The van der Waals surface area contributed by atoms with Gasteiger partial charge in [-0.15, -0.1) is 0 Å². The van der Waals surface area contributed by atoms with Gasteiger partial charge in [0, 0.05) is 11.0 Å². The van der Waals surface area contributed by atoms with Gasteiger partial charge in [0.25, 0.3) is 0 Å². The first-order chi connectivity index (χ1) is 9.90. The molecule has 1 unspecified atom stereocenters. The van der Waals surface area contributed by atoms with Crippen molar-refractivity contribution in [2.45, 2.75) is 47.0 Å². The van der Waals surface area contributed by atoms with E-state index in [2.05, 4.69) is 61.1 Å². The monoisotopic (exact) mass is 355 g/mol. The number of methoxy groups -OCH3 is 1. The summed E-state index contributed by atoms with van der Waals surface area (Å²) in [5, 5.41) is 3.63. The summed E-state index contributed by atoms with van der Waals surface area (Å²) in [6, 6.07) is 6.24. The summed E-state index contributed by atoms with van der Waals surface area (Å²) in [4.78, 5) is 0. The van der Waals surface area contributed by atoms with E-state index in [4.69, 9.17) is 4.74 Å². The van der Waals surface area contributed by atoms with Gasteiger partial charge in [-0.25, -0.2) is 0 Å².